The second-order valence-corrected chi connectivity index (χ2v) is 9.31. The molecule has 0 bridgehead atoms. The maximum atomic E-state index is 13.5. The van der Waals surface area contributed by atoms with E-state index in [1.807, 2.05) is 7.05 Å². The number of piperazine rings is 1. The summed E-state index contributed by atoms with van der Waals surface area (Å²) in [5, 5.41) is 0. The molecule has 0 atom stereocenters. The highest BCUT2D eigenvalue weighted by Crippen LogP contribution is 2.46. The van der Waals surface area contributed by atoms with Gasteiger partial charge in [-0.15, -0.1) is 8.78 Å². The molecule has 0 unspecified atom stereocenters. The molecular weight excluding hydrogens is 432 g/mol. The lowest BCUT2D eigenvalue weighted by Crippen LogP contribution is -2.44. The van der Waals surface area contributed by atoms with Crippen LogP contribution in [0.4, 0.5) is 20.2 Å². The zero-order chi connectivity index (χ0) is 22.4. The minimum atomic E-state index is -4.22. The molecule has 2 heterocycles. The van der Waals surface area contributed by atoms with Crippen LogP contribution in [0.3, 0.4) is 0 Å². The van der Waals surface area contributed by atoms with E-state index in [4.69, 9.17) is 4.74 Å². The molecule has 8 nitrogen and oxygen atoms in total. The van der Waals surface area contributed by atoms with Crippen molar-refractivity contribution in [3.05, 3.63) is 36.4 Å². The van der Waals surface area contributed by atoms with Crippen LogP contribution in [0.15, 0.2) is 41.3 Å². The summed E-state index contributed by atoms with van der Waals surface area (Å²) in [5.74, 6) is -0.212. The standard InChI is InChI=1S/C20H23F2N3O5S/c1-23-9-11-25(12-10-23)15-13-14(7-8-16(15)28-3)24(2)31(26,27)18-6-4-5-17-19(18)30-20(21,22)29-17/h4-8,13H,9-12H2,1-3H3. The monoisotopic (exact) mass is 455 g/mol. The molecule has 1 fully saturated rings. The van der Waals surface area contributed by atoms with Gasteiger partial charge in [-0.25, -0.2) is 8.42 Å². The largest absolute Gasteiger partial charge is 0.586 e. The van der Waals surface area contributed by atoms with E-state index in [0.717, 1.165) is 36.2 Å². The van der Waals surface area contributed by atoms with E-state index >= 15 is 0 Å². The Balaban J connectivity index is 1.70. The molecule has 0 radical (unpaired) electrons. The number of rotatable bonds is 5. The predicted octanol–water partition coefficient (Wildman–Crippen LogP) is 2.59. The van der Waals surface area contributed by atoms with Crippen molar-refractivity contribution in [2.24, 2.45) is 0 Å². The summed E-state index contributed by atoms with van der Waals surface area (Å²) < 4.78 is 69.0. The van der Waals surface area contributed by atoms with Crippen LogP contribution in [0.2, 0.25) is 0 Å². The Bertz CT molecular complexity index is 1090. The van der Waals surface area contributed by atoms with Gasteiger partial charge in [-0.3, -0.25) is 4.31 Å². The highest BCUT2D eigenvalue weighted by atomic mass is 32.2. The Hall–Kier alpha value is -2.79. The summed E-state index contributed by atoms with van der Waals surface area (Å²) in [6.07, 6.45) is -3.92. The fraction of sp³-hybridized carbons (Fsp3) is 0.400. The number of likely N-dealkylation sites (N-methyl/N-ethyl adjacent to an activating group) is 1. The Morgan fingerprint density at radius 3 is 2.48 bits per heavy atom. The first-order chi connectivity index (χ1) is 14.6. The lowest BCUT2D eigenvalue weighted by molar-refractivity contribution is -0.287. The maximum Gasteiger partial charge on any atom is 0.586 e. The van der Waals surface area contributed by atoms with Crippen LogP contribution in [-0.2, 0) is 10.0 Å². The third-order valence-corrected chi connectivity index (χ3v) is 7.21. The van der Waals surface area contributed by atoms with Crippen molar-refractivity contribution in [3.8, 4) is 17.2 Å². The van der Waals surface area contributed by atoms with E-state index in [0.29, 0.717) is 11.4 Å². The minimum absolute atomic E-state index is 0.327. The summed E-state index contributed by atoms with van der Waals surface area (Å²) in [7, 11) is 0.740. The molecule has 11 heteroatoms. The first-order valence-corrected chi connectivity index (χ1v) is 11.1. The molecule has 2 aromatic rings. The van der Waals surface area contributed by atoms with E-state index in [-0.39, 0.29) is 5.75 Å². The average Bonchev–Trinajstić information content (AvgIpc) is 3.06. The number of nitrogens with zero attached hydrogens (tertiary/aromatic N) is 3. The van der Waals surface area contributed by atoms with Crippen molar-refractivity contribution in [2.45, 2.75) is 11.2 Å². The lowest BCUT2D eigenvalue weighted by Gasteiger charge is -2.35. The fourth-order valence-electron chi connectivity index (χ4n) is 3.60. The number of alkyl halides is 2. The fourth-order valence-corrected chi connectivity index (χ4v) is 4.92. The Labute approximate surface area is 179 Å². The molecule has 168 valence electrons. The SMILES string of the molecule is COc1ccc(N(C)S(=O)(=O)c2cccc3c2OC(F)(F)O3)cc1N1CCN(C)CC1. The van der Waals surface area contributed by atoms with E-state index in [1.54, 1.807) is 25.3 Å². The second-order valence-electron chi connectivity index (χ2n) is 7.37. The molecule has 2 aliphatic rings. The van der Waals surface area contributed by atoms with Gasteiger partial charge in [0.15, 0.2) is 11.5 Å². The highest BCUT2D eigenvalue weighted by molar-refractivity contribution is 7.93. The Morgan fingerprint density at radius 1 is 1.10 bits per heavy atom. The minimum Gasteiger partial charge on any atom is -0.495 e. The first-order valence-electron chi connectivity index (χ1n) is 9.62. The lowest BCUT2D eigenvalue weighted by atomic mass is 10.2. The van der Waals surface area contributed by atoms with Crippen molar-refractivity contribution >= 4 is 21.4 Å². The van der Waals surface area contributed by atoms with Crippen LogP contribution in [-0.4, -0.2) is 67.0 Å². The van der Waals surface area contributed by atoms with Crippen LogP contribution >= 0.6 is 0 Å². The molecule has 4 rings (SSSR count). The summed E-state index contributed by atoms with van der Waals surface area (Å²) in [6, 6.07) is 8.78. The smallest absolute Gasteiger partial charge is 0.495 e. The van der Waals surface area contributed by atoms with Crippen LogP contribution in [0.5, 0.6) is 17.2 Å². The average molecular weight is 455 g/mol. The van der Waals surface area contributed by atoms with E-state index < -0.39 is 27.0 Å². The number of ether oxygens (including phenoxy) is 3. The molecule has 0 amide bonds. The quantitative estimate of drug-likeness (QED) is 0.686. The third kappa shape index (κ3) is 3.94. The molecule has 2 aromatic carbocycles. The van der Waals surface area contributed by atoms with Crippen LogP contribution in [0.25, 0.3) is 0 Å². The number of fused-ring (bicyclic) bond motifs is 1. The van der Waals surface area contributed by atoms with Crippen LogP contribution in [0, 0.1) is 0 Å². The van der Waals surface area contributed by atoms with Gasteiger partial charge in [0.25, 0.3) is 10.0 Å². The normalized spacial score (nSPS) is 18.2. The number of halogens is 2. The Morgan fingerprint density at radius 2 is 1.81 bits per heavy atom. The third-order valence-electron chi connectivity index (χ3n) is 5.40. The molecule has 1 saturated heterocycles. The molecule has 0 N–H and O–H groups in total. The van der Waals surface area contributed by atoms with Gasteiger partial charge < -0.3 is 24.0 Å². The van der Waals surface area contributed by atoms with E-state index in [2.05, 4.69) is 19.3 Å². The van der Waals surface area contributed by atoms with Gasteiger partial charge in [0, 0.05) is 33.2 Å². The number of methoxy groups -OCH3 is 1. The number of benzene rings is 2. The molecule has 0 saturated carbocycles. The topological polar surface area (TPSA) is 71.5 Å². The van der Waals surface area contributed by atoms with Crippen molar-refractivity contribution in [3.63, 3.8) is 0 Å². The predicted molar refractivity (Wildman–Crippen MR) is 111 cm³/mol. The molecule has 0 spiro atoms. The zero-order valence-electron chi connectivity index (χ0n) is 17.3. The summed E-state index contributed by atoms with van der Waals surface area (Å²) in [6.45, 7) is 3.25. The van der Waals surface area contributed by atoms with Gasteiger partial charge in [-0.1, -0.05) is 6.07 Å². The van der Waals surface area contributed by atoms with Gasteiger partial charge in [-0.2, -0.15) is 0 Å². The van der Waals surface area contributed by atoms with Crippen LogP contribution in [0.1, 0.15) is 0 Å². The van der Waals surface area contributed by atoms with Gasteiger partial charge in [0.2, 0.25) is 0 Å². The molecule has 2 aliphatic heterocycles. The van der Waals surface area contributed by atoms with E-state index in [1.165, 1.54) is 25.2 Å². The van der Waals surface area contributed by atoms with Gasteiger partial charge in [-0.05, 0) is 37.4 Å². The van der Waals surface area contributed by atoms with Crippen molar-refractivity contribution < 1.29 is 31.4 Å². The zero-order valence-corrected chi connectivity index (χ0v) is 18.2. The highest BCUT2D eigenvalue weighted by Gasteiger charge is 2.46. The van der Waals surface area contributed by atoms with Crippen molar-refractivity contribution in [1.29, 1.82) is 0 Å². The van der Waals surface area contributed by atoms with Crippen LogP contribution < -0.4 is 23.4 Å². The second kappa shape index (κ2) is 7.72. The first kappa shape index (κ1) is 21.4. The van der Waals surface area contributed by atoms with Crippen molar-refractivity contribution in [1.82, 2.24) is 4.90 Å². The molecule has 0 aromatic heterocycles. The van der Waals surface area contributed by atoms with Crippen molar-refractivity contribution in [2.75, 3.05) is 56.6 Å². The molecule has 0 aliphatic carbocycles. The Kier molecular flexibility index (Phi) is 5.34. The molecular formula is C20H23F2N3O5S. The summed E-state index contributed by atoms with van der Waals surface area (Å²) >= 11 is 0. The van der Waals surface area contributed by atoms with Gasteiger partial charge in [0.1, 0.15) is 10.6 Å². The number of sulfonamides is 1. The number of hydrogen-bond donors (Lipinski definition) is 0. The number of para-hydroxylation sites is 1. The number of anilines is 2. The molecule has 31 heavy (non-hydrogen) atoms. The number of hydrogen-bond acceptors (Lipinski definition) is 7. The van der Waals surface area contributed by atoms with Gasteiger partial charge in [0.05, 0.1) is 18.5 Å². The summed E-state index contributed by atoms with van der Waals surface area (Å²) in [5.41, 5.74) is 1.12. The summed E-state index contributed by atoms with van der Waals surface area (Å²) in [4.78, 5) is 3.93. The van der Waals surface area contributed by atoms with E-state index in [9.17, 15) is 17.2 Å². The maximum absolute atomic E-state index is 13.5. The van der Waals surface area contributed by atoms with Gasteiger partial charge >= 0.3 is 6.29 Å².